The fourth-order valence-electron chi connectivity index (χ4n) is 2.78. The number of carbonyl (C=O) groups is 1. The molecular formula is C15H18O. The molecule has 1 aromatic carbocycles. The summed E-state index contributed by atoms with van der Waals surface area (Å²) in [5.74, 6) is 0.937. The van der Waals surface area contributed by atoms with Gasteiger partial charge in [-0.2, -0.15) is 0 Å². The molecule has 1 heteroatoms. The van der Waals surface area contributed by atoms with Gasteiger partial charge >= 0.3 is 0 Å². The van der Waals surface area contributed by atoms with Crippen molar-refractivity contribution in [3.05, 3.63) is 34.9 Å². The van der Waals surface area contributed by atoms with Gasteiger partial charge in [0.05, 0.1) is 0 Å². The monoisotopic (exact) mass is 214 g/mol. The van der Waals surface area contributed by atoms with Crippen LogP contribution in [0.3, 0.4) is 0 Å². The second-order valence-electron chi connectivity index (χ2n) is 5.68. The number of Topliss-reactive ketones (excluding diaryl/α,β-unsaturated/α-hetero) is 1. The number of aryl methyl sites for hydroxylation is 1. The number of rotatable bonds is 1. The van der Waals surface area contributed by atoms with Crippen molar-refractivity contribution in [2.75, 3.05) is 0 Å². The maximum atomic E-state index is 12.4. The van der Waals surface area contributed by atoms with Crippen LogP contribution in [-0.4, -0.2) is 5.78 Å². The van der Waals surface area contributed by atoms with Crippen molar-refractivity contribution in [2.45, 2.75) is 45.4 Å². The number of benzene rings is 1. The summed E-state index contributed by atoms with van der Waals surface area (Å²) in [6.45, 7) is 4.36. The molecule has 1 aromatic rings. The summed E-state index contributed by atoms with van der Waals surface area (Å²) in [7, 11) is 0. The van der Waals surface area contributed by atoms with Crippen LogP contribution in [0.5, 0.6) is 0 Å². The summed E-state index contributed by atoms with van der Waals surface area (Å²) in [5.41, 5.74) is 3.66. The molecule has 0 aromatic heterocycles. The molecule has 1 spiro atoms. The molecule has 0 heterocycles. The lowest BCUT2D eigenvalue weighted by Gasteiger charge is -2.23. The molecule has 0 amide bonds. The van der Waals surface area contributed by atoms with Crippen LogP contribution in [0.25, 0.3) is 0 Å². The Kier molecular flexibility index (Phi) is 2.01. The van der Waals surface area contributed by atoms with Gasteiger partial charge in [-0.05, 0) is 48.8 Å². The molecule has 1 fully saturated rings. The maximum absolute atomic E-state index is 12.4. The van der Waals surface area contributed by atoms with Crippen LogP contribution in [0.4, 0.5) is 0 Å². The number of hydrogen-bond acceptors (Lipinski definition) is 1. The molecule has 1 nitrogen and oxygen atoms in total. The molecule has 84 valence electrons. The highest BCUT2D eigenvalue weighted by Crippen LogP contribution is 2.54. The highest BCUT2D eigenvalue weighted by atomic mass is 16.1. The third-order valence-corrected chi connectivity index (χ3v) is 4.25. The zero-order chi connectivity index (χ0) is 11.3. The Balaban J connectivity index is 2.06. The first-order chi connectivity index (χ1) is 7.62. The SMILES string of the molecule is CC(C)c1ccc2c(c1)C(=O)C1(CC2)CC1. The van der Waals surface area contributed by atoms with E-state index in [-0.39, 0.29) is 5.41 Å². The van der Waals surface area contributed by atoms with E-state index in [2.05, 4.69) is 32.0 Å². The molecule has 2 aliphatic carbocycles. The Bertz CT molecular complexity index is 453. The standard InChI is InChI=1S/C15H18O/c1-10(2)12-4-3-11-5-6-15(7-8-15)14(16)13(11)9-12/h3-4,9-10H,5-8H2,1-2H3. The smallest absolute Gasteiger partial charge is 0.169 e. The molecule has 0 N–H and O–H groups in total. The van der Waals surface area contributed by atoms with Crippen molar-refractivity contribution in [1.29, 1.82) is 0 Å². The van der Waals surface area contributed by atoms with Crippen molar-refractivity contribution in [1.82, 2.24) is 0 Å². The molecule has 0 radical (unpaired) electrons. The average Bonchev–Trinajstić information content (AvgIpc) is 3.05. The zero-order valence-corrected chi connectivity index (χ0v) is 10.0. The molecule has 0 unspecified atom stereocenters. The van der Waals surface area contributed by atoms with Crippen molar-refractivity contribution in [2.24, 2.45) is 5.41 Å². The Morgan fingerprint density at radius 1 is 1.19 bits per heavy atom. The Labute approximate surface area is 96.9 Å². The molecule has 0 aliphatic heterocycles. The molecule has 1 saturated carbocycles. The van der Waals surface area contributed by atoms with Crippen LogP contribution in [0.2, 0.25) is 0 Å². The van der Waals surface area contributed by atoms with Crippen LogP contribution in [0.15, 0.2) is 18.2 Å². The van der Waals surface area contributed by atoms with Crippen LogP contribution in [0.1, 0.15) is 60.5 Å². The minimum atomic E-state index is 0.0720. The van der Waals surface area contributed by atoms with E-state index in [1.807, 2.05) is 0 Å². The molecule has 2 aliphatic rings. The number of carbonyl (C=O) groups excluding carboxylic acids is 1. The van der Waals surface area contributed by atoms with Gasteiger partial charge in [-0.25, -0.2) is 0 Å². The van der Waals surface area contributed by atoms with Crippen molar-refractivity contribution >= 4 is 5.78 Å². The van der Waals surface area contributed by atoms with Crippen molar-refractivity contribution in [3.8, 4) is 0 Å². The number of ketones is 1. The topological polar surface area (TPSA) is 17.1 Å². The summed E-state index contributed by atoms with van der Waals surface area (Å²) in [6, 6.07) is 6.49. The van der Waals surface area contributed by atoms with Crippen LogP contribution >= 0.6 is 0 Å². The van der Waals surface area contributed by atoms with Gasteiger partial charge in [0.2, 0.25) is 0 Å². The first-order valence-electron chi connectivity index (χ1n) is 6.30. The van der Waals surface area contributed by atoms with Gasteiger partial charge in [-0.15, -0.1) is 0 Å². The summed E-state index contributed by atoms with van der Waals surface area (Å²) < 4.78 is 0. The van der Waals surface area contributed by atoms with Gasteiger partial charge in [0.1, 0.15) is 0 Å². The van der Waals surface area contributed by atoms with E-state index in [1.165, 1.54) is 11.1 Å². The van der Waals surface area contributed by atoms with Gasteiger partial charge in [-0.1, -0.05) is 26.0 Å². The fourth-order valence-corrected chi connectivity index (χ4v) is 2.78. The van der Waals surface area contributed by atoms with E-state index in [4.69, 9.17) is 0 Å². The molecule has 16 heavy (non-hydrogen) atoms. The lowest BCUT2D eigenvalue weighted by atomic mass is 9.79. The molecule has 3 rings (SSSR count). The first-order valence-corrected chi connectivity index (χ1v) is 6.30. The van der Waals surface area contributed by atoms with Crippen LogP contribution in [-0.2, 0) is 6.42 Å². The second kappa shape index (κ2) is 3.19. The highest BCUT2D eigenvalue weighted by Gasteiger charge is 2.51. The predicted octanol–water partition coefficient (Wildman–Crippen LogP) is 3.72. The van der Waals surface area contributed by atoms with E-state index in [0.29, 0.717) is 11.7 Å². The summed E-state index contributed by atoms with van der Waals surface area (Å²) in [5, 5.41) is 0. The van der Waals surface area contributed by atoms with E-state index < -0.39 is 0 Å². The van der Waals surface area contributed by atoms with E-state index in [1.54, 1.807) is 0 Å². The minimum absolute atomic E-state index is 0.0720. The molecule has 0 atom stereocenters. The highest BCUT2D eigenvalue weighted by molar-refractivity contribution is 6.04. The lowest BCUT2D eigenvalue weighted by molar-refractivity contribution is 0.0880. The molecule has 0 bridgehead atoms. The number of hydrogen-bond donors (Lipinski definition) is 0. The van der Waals surface area contributed by atoms with Gasteiger partial charge in [-0.3, -0.25) is 4.79 Å². The average molecular weight is 214 g/mol. The summed E-state index contributed by atoms with van der Waals surface area (Å²) in [6.07, 6.45) is 4.42. The van der Waals surface area contributed by atoms with Crippen LogP contribution < -0.4 is 0 Å². The van der Waals surface area contributed by atoms with E-state index in [9.17, 15) is 4.79 Å². The molecular weight excluding hydrogens is 196 g/mol. The quantitative estimate of drug-likeness (QED) is 0.696. The number of fused-ring (bicyclic) bond motifs is 1. The second-order valence-corrected chi connectivity index (χ2v) is 5.68. The van der Waals surface area contributed by atoms with Gasteiger partial charge in [0.15, 0.2) is 5.78 Å². The molecule has 0 saturated heterocycles. The predicted molar refractivity (Wildman–Crippen MR) is 64.8 cm³/mol. The minimum Gasteiger partial charge on any atom is -0.294 e. The van der Waals surface area contributed by atoms with E-state index in [0.717, 1.165) is 31.2 Å². The van der Waals surface area contributed by atoms with E-state index >= 15 is 0 Å². The van der Waals surface area contributed by atoms with Gasteiger partial charge in [0, 0.05) is 11.0 Å². The van der Waals surface area contributed by atoms with Crippen molar-refractivity contribution in [3.63, 3.8) is 0 Å². The summed E-state index contributed by atoms with van der Waals surface area (Å²) in [4.78, 5) is 12.4. The van der Waals surface area contributed by atoms with Crippen LogP contribution in [0, 0.1) is 5.41 Å². The fraction of sp³-hybridized carbons (Fsp3) is 0.533. The Hall–Kier alpha value is -1.11. The largest absolute Gasteiger partial charge is 0.294 e. The Morgan fingerprint density at radius 3 is 2.56 bits per heavy atom. The Morgan fingerprint density at radius 2 is 1.94 bits per heavy atom. The third kappa shape index (κ3) is 1.34. The lowest BCUT2D eigenvalue weighted by Crippen LogP contribution is -2.24. The zero-order valence-electron chi connectivity index (χ0n) is 10.0. The van der Waals surface area contributed by atoms with Gasteiger partial charge < -0.3 is 0 Å². The van der Waals surface area contributed by atoms with Gasteiger partial charge in [0.25, 0.3) is 0 Å². The maximum Gasteiger partial charge on any atom is 0.169 e. The summed E-state index contributed by atoms with van der Waals surface area (Å²) >= 11 is 0. The normalized spacial score (nSPS) is 21.3. The first kappa shape index (κ1) is 10.1. The van der Waals surface area contributed by atoms with Crippen molar-refractivity contribution < 1.29 is 4.79 Å². The third-order valence-electron chi connectivity index (χ3n) is 4.25.